The zero-order valence-electron chi connectivity index (χ0n) is 11.9. The van der Waals surface area contributed by atoms with Crippen molar-refractivity contribution < 1.29 is 17.5 Å². The number of sulfone groups is 1. The molecule has 2 aromatic rings. The molecule has 3 rings (SSSR count). The number of benzene rings is 2. The van der Waals surface area contributed by atoms with E-state index in [4.69, 9.17) is 15.7 Å². The van der Waals surface area contributed by atoms with Crippen molar-refractivity contribution in [3.63, 3.8) is 0 Å². The molecular formula is C16H8FN3O3S. The molecule has 1 aliphatic rings. The Hall–Kier alpha value is -3.36. The average Bonchev–Trinajstić information content (AvgIpc) is 2.76. The number of nitrogens with zero attached hydrogens (tertiary/aromatic N) is 2. The van der Waals surface area contributed by atoms with Gasteiger partial charge in [-0.2, -0.15) is 10.5 Å². The van der Waals surface area contributed by atoms with Crippen LogP contribution in [0.5, 0.6) is 11.5 Å². The molecule has 0 aromatic heterocycles. The predicted octanol–water partition coefficient (Wildman–Crippen LogP) is 2.41. The number of rotatable bonds is 2. The van der Waals surface area contributed by atoms with Crippen molar-refractivity contribution in [2.75, 3.05) is 0 Å². The van der Waals surface area contributed by atoms with E-state index in [-0.39, 0.29) is 38.8 Å². The Morgan fingerprint density at radius 3 is 2.54 bits per heavy atom. The summed E-state index contributed by atoms with van der Waals surface area (Å²) in [4.78, 5) is -0.0825. The molecule has 2 N–H and O–H groups in total. The summed E-state index contributed by atoms with van der Waals surface area (Å²) in [5.41, 5.74) is 5.67. The maximum absolute atomic E-state index is 13.5. The van der Waals surface area contributed by atoms with Crippen molar-refractivity contribution in [3.8, 4) is 23.6 Å². The highest BCUT2D eigenvalue weighted by atomic mass is 32.2. The van der Waals surface area contributed by atoms with Crippen LogP contribution in [0.4, 0.5) is 4.39 Å². The van der Waals surface area contributed by atoms with E-state index in [0.717, 1.165) is 17.5 Å². The summed E-state index contributed by atoms with van der Waals surface area (Å²) < 4.78 is 42.8. The van der Waals surface area contributed by atoms with E-state index in [1.54, 1.807) is 6.07 Å². The molecule has 0 bridgehead atoms. The number of nitrogens with two attached hydrogens (primary N) is 1. The van der Waals surface area contributed by atoms with Gasteiger partial charge in [0, 0.05) is 11.6 Å². The van der Waals surface area contributed by atoms with Gasteiger partial charge in [0.2, 0.25) is 9.84 Å². The van der Waals surface area contributed by atoms with Gasteiger partial charge in [-0.15, -0.1) is 0 Å². The lowest BCUT2D eigenvalue weighted by Gasteiger charge is -2.11. The molecule has 0 amide bonds. The first-order chi connectivity index (χ1) is 11.4. The van der Waals surface area contributed by atoms with Crippen molar-refractivity contribution in [1.82, 2.24) is 0 Å². The molecule has 0 fully saturated rings. The van der Waals surface area contributed by atoms with Gasteiger partial charge in [-0.25, -0.2) is 12.8 Å². The smallest absolute Gasteiger partial charge is 0.202 e. The largest absolute Gasteiger partial charge is 0.456 e. The fourth-order valence-corrected chi connectivity index (χ4v) is 3.73. The summed E-state index contributed by atoms with van der Waals surface area (Å²) in [5.74, 6) is -0.656. The quantitative estimate of drug-likeness (QED) is 0.896. The Kier molecular flexibility index (Phi) is 3.48. The third-order valence-electron chi connectivity index (χ3n) is 3.35. The van der Waals surface area contributed by atoms with E-state index >= 15 is 0 Å². The van der Waals surface area contributed by atoms with E-state index in [1.807, 2.05) is 6.07 Å². The molecule has 0 spiro atoms. The van der Waals surface area contributed by atoms with E-state index in [2.05, 4.69) is 0 Å². The van der Waals surface area contributed by atoms with Crippen LogP contribution in [-0.2, 0) is 9.84 Å². The van der Waals surface area contributed by atoms with Crippen molar-refractivity contribution in [2.45, 2.75) is 4.90 Å². The number of ether oxygens (including phenoxy) is 1. The summed E-state index contributed by atoms with van der Waals surface area (Å²) in [5, 5.41) is 19.1. The molecule has 0 aliphatic carbocycles. The van der Waals surface area contributed by atoms with Crippen molar-refractivity contribution in [1.29, 1.82) is 10.5 Å². The summed E-state index contributed by atoms with van der Waals surface area (Å²) in [7, 11) is -3.69. The van der Waals surface area contributed by atoms with Crippen LogP contribution in [0.3, 0.4) is 0 Å². The highest BCUT2D eigenvalue weighted by molar-refractivity contribution is 7.95. The van der Waals surface area contributed by atoms with Crippen molar-refractivity contribution in [3.05, 3.63) is 58.2 Å². The first-order valence-electron chi connectivity index (χ1n) is 6.54. The van der Waals surface area contributed by atoms with Crippen molar-refractivity contribution in [2.24, 2.45) is 5.73 Å². The van der Waals surface area contributed by atoms with Crippen LogP contribution in [0.25, 0.3) is 5.70 Å². The molecule has 2 aromatic carbocycles. The Labute approximate surface area is 136 Å². The topological polar surface area (TPSA) is 117 Å². The first kappa shape index (κ1) is 15.5. The number of fused-ring (bicyclic) bond motifs is 1. The number of halogens is 1. The highest BCUT2D eigenvalue weighted by Crippen LogP contribution is 2.38. The zero-order valence-corrected chi connectivity index (χ0v) is 12.8. The van der Waals surface area contributed by atoms with Crippen LogP contribution in [-0.4, -0.2) is 8.42 Å². The minimum absolute atomic E-state index is 0.00593. The minimum Gasteiger partial charge on any atom is -0.456 e. The molecule has 0 unspecified atom stereocenters. The molecule has 8 heteroatoms. The van der Waals surface area contributed by atoms with Crippen LogP contribution >= 0.6 is 0 Å². The number of hydrogen-bond donors (Lipinski definition) is 1. The van der Waals surface area contributed by atoms with Crippen molar-refractivity contribution >= 4 is 15.5 Å². The maximum Gasteiger partial charge on any atom is 0.202 e. The highest BCUT2D eigenvalue weighted by Gasteiger charge is 2.30. The fourth-order valence-electron chi connectivity index (χ4n) is 2.39. The SMILES string of the molecule is N#Cc1cc(F)cc(Oc2ccc3c(c2C#N)C(N)=CS3(=O)=O)c1. The van der Waals surface area contributed by atoms with E-state index in [1.165, 1.54) is 18.2 Å². The molecule has 1 aliphatic heterocycles. The van der Waals surface area contributed by atoms with Crippen LogP contribution < -0.4 is 10.5 Å². The molecular weight excluding hydrogens is 333 g/mol. The second-order valence-electron chi connectivity index (χ2n) is 4.93. The average molecular weight is 341 g/mol. The number of hydrogen-bond acceptors (Lipinski definition) is 6. The minimum atomic E-state index is -3.69. The molecule has 0 atom stereocenters. The van der Waals surface area contributed by atoms with Gasteiger partial charge in [0.1, 0.15) is 28.9 Å². The van der Waals surface area contributed by atoms with Gasteiger partial charge < -0.3 is 10.5 Å². The third-order valence-corrected chi connectivity index (χ3v) is 4.86. The summed E-state index contributed by atoms with van der Waals surface area (Å²) in [6.07, 6.45) is 0. The maximum atomic E-state index is 13.5. The van der Waals surface area contributed by atoms with E-state index in [0.29, 0.717) is 0 Å². The third kappa shape index (κ3) is 2.45. The van der Waals surface area contributed by atoms with Crippen LogP contribution in [0, 0.1) is 28.5 Å². The lowest BCUT2D eigenvalue weighted by molar-refractivity contribution is 0.474. The molecule has 6 nitrogen and oxygen atoms in total. The van der Waals surface area contributed by atoms with E-state index in [9.17, 15) is 18.1 Å². The molecule has 0 saturated carbocycles. The molecule has 0 radical (unpaired) electrons. The van der Waals surface area contributed by atoms with Gasteiger partial charge in [-0.1, -0.05) is 0 Å². The standard InChI is InChI=1S/C16H8FN3O3S/c17-10-3-9(6-18)4-11(5-10)23-14-1-2-15-16(12(14)7-19)13(20)8-24(15,21)22/h1-5,8H,20H2. The van der Waals surface area contributed by atoms with Crippen LogP contribution in [0.1, 0.15) is 16.7 Å². The second-order valence-corrected chi connectivity index (χ2v) is 6.70. The second kappa shape index (κ2) is 5.37. The van der Waals surface area contributed by atoms with Gasteiger partial charge >= 0.3 is 0 Å². The number of nitriles is 2. The molecule has 118 valence electrons. The summed E-state index contributed by atoms with van der Waals surface area (Å²) in [6, 6.07) is 9.58. The van der Waals surface area contributed by atoms with Gasteiger partial charge in [0.15, 0.2) is 0 Å². The van der Waals surface area contributed by atoms with Gasteiger partial charge in [-0.3, -0.25) is 0 Å². The Balaban J connectivity index is 2.14. The Bertz CT molecular complexity index is 1090. The van der Waals surface area contributed by atoms with Gasteiger partial charge in [0.05, 0.1) is 27.6 Å². The Morgan fingerprint density at radius 1 is 1.12 bits per heavy atom. The van der Waals surface area contributed by atoms with E-state index < -0.39 is 15.7 Å². The molecule has 1 heterocycles. The zero-order chi connectivity index (χ0) is 17.5. The van der Waals surface area contributed by atoms with Gasteiger partial charge in [0.25, 0.3) is 0 Å². The monoisotopic (exact) mass is 341 g/mol. The lowest BCUT2D eigenvalue weighted by Crippen LogP contribution is -2.01. The predicted molar refractivity (Wildman–Crippen MR) is 81.7 cm³/mol. The van der Waals surface area contributed by atoms with Crippen LogP contribution in [0.15, 0.2) is 40.6 Å². The summed E-state index contributed by atoms with van der Waals surface area (Å²) in [6.45, 7) is 0. The first-order valence-corrected chi connectivity index (χ1v) is 8.08. The normalized spacial score (nSPS) is 14.2. The Morgan fingerprint density at radius 2 is 1.88 bits per heavy atom. The van der Waals surface area contributed by atoms with Gasteiger partial charge in [-0.05, 0) is 24.3 Å². The molecule has 24 heavy (non-hydrogen) atoms. The van der Waals surface area contributed by atoms with Crippen LogP contribution in [0.2, 0.25) is 0 Å². The molecule has 0 saturated heterocycles. The lowest BCUT2D eigenvalue weighted by atomic mass is 10.1. The fraction of sp³-hybridized carbons (Fsp3) is 0. The summed E-state index contributed by atoms with van der Waals surface area (Å²) >= 11 is 0.